The maximum atomic E-state index is 6.23. The van der Waals surface area contributed by atoms with Crippen molar-refractivity contribution in [1.82, 2.24) is 5.43 Å². The molecule has 0 amide bonds. The normalized spacial score (nSPS) is 12.4. The van der Waals surface area contributed by atoms with Crippen LogP contribution in [0, 0.1) is 13.8 Å². The molecule has 0 fully saturated rings. The van der Waals surface area contributed by atoms with Gasteiger partial charge in [-0.15, -0.1) is 0 Å². The summed E-state index contributed by atoms with van der Waals surface area (Å²) in [4.78, 5) is 0. The van der Waals surface area contributed by atoms with Gasteiger partial charge in [0.15, 0.2) is 0 Å². The molecule has 0 saturated carbocycles. The third-order valence-corrected chi connectivity index (χ3v) is 4.03. The topological polar surface area (TPSA) is 38.0 Å². The van der Waals surface area contributed by atoms with Crippen LogP contribution in [0.3, 0.4) is 0 Å². The lowest BCUT2D eigenvalue weighted by Gasteiger charge is -2.20. The van der Waals surface area contributed by atoms with Crippen molar-refractivity contribution in [3.8, 4) is 0 Å². The van der Waals surface area contributed by atoms with Crippen LogP contribution in [0.1, 0.15) is 28.3 Å². The third kappa shape index (κ3) is 3.53. The van der Waals surface area contributed by atoms with Gasteiger partial charge in [0.25, 0.3) is 0 Å². The predicted molar refractivity (Wildman–Crippen MR) is 86.1 cm³/mol. The Kier molecular flexibility index (Phi) is 5.06. The van der Waals surface area contributed by atoms with Gasteiger partial charge >= 0.3 is 0 Å². The van der Waals surface area contributed by atoms with Crippen LogP contribution >= 0.6 is 23.2 Å². The van der Waals surface area contributed by atoms with E-state index in [0.717, 1.165) is 12.0 Å². The lowest BCUT2D eigenvalue weighted by Crippen LogP contribution is -2.30. The Morgan fingerprint density at radius 3 is 2.45 bits per heavy atom. The number of hydrogen-bond donors (Lipinski definition) is 2. The second kappa shape index (κ2) is 6.59. The Hall–Kier alpha value is -1.06. The second-order valence-electron chi connectivity index (χ2n) is 5.02. The first kappa shape index (κ1) is 15.3. The van der Waals surface area contributed by atoms with Crippen molar-refractivity contribution in [3.63, 3.8) is 0 Å². The van der Waals surface area contributed by atoms with Gasteiger partial charge in [0, 0.05) is 10.0 Å². The summed E-state index contributed by atoms with van der Waals surface area (Å²) in [6.45, 7) is 4.17. The van der Waals surface area contributed by atoms with Crippen LogP contribution in [0.25, 0.3) is 0 Å². The quantitative estimate of drug-likeness (QED) is 0.650. The average Bonchev–Trinajstić information content (AvgIpc) is 2.39. The van der Waals surface area contributed by atoms with E-state index in [9.17, 15) is 0 Å². The van der Waals surface area contributed by atoms with Crippen molar-refractivity contribution < 1.29 is 0 Å². The van der Waals surface area contributed by atoms with Crippen molar-refractivity contribution >= 4 is 23.2 Å². The van der Waals surface area contributed by atoms with Crippen LogP contribution in [-0.2, 0) is 6.42 Å². The monoisotopic (exact) mass is 308 g/mol. The zero-order chi connectivity index (χ0) is 14.7. The smallest absolute Gasteiger partial charge is 0.0503 e. The van der Waals surface area contributed by atoms with Crippen LogP contribution in [0.4, 0.5) is 0 Å². The average molecular weight is 309 g/mol. The predicted octanol–water partition coefficient (Wildman–Crippen LogP) is 4.36. The molecule has 0 aromatic heterocycles. The fourth-order valence-electron chi connectivity index (χ4n) is 2.38. The SMILES string of the molecule is Cc1ccc(C(Cc2ccc(Cl)cc2Cl)NN)c(C)c1. The number of nitrogens with two attached hydrogens (primary N) is 1. The van der Waals surface area contributed by atoms with Crippen LogP contribution in [0.15, 0.2) is 36.4 Å². The first-order valence-corrected chi connectivity index (χ1v) is 7.24. The lowest BCUT2D eigenvalue weighted by molar-refractivity contribution is 0.549. The molecule has 3 N–H and O–H groups in total. The number of rotatable bonds is 4. The molecule has 2 nitrogen and oxygen atoms in total. The van der Waals surface area contributed by atoms with Gasteiger partial charge in [-0.1, -0.05) is 53.0 Å². The standard InChI is InChI=1S/C16H18Cl2N2/c1-10-3-6-14(11(2)7-10)16(20-19)8-12-4-5-13(17)9-15(12)18/h3-7,9,16,20H,8,19H2,1-2H3. The molecule has 0 aliphatic heterocycles. The van der Waals surface area contributed by atoms with E-state index in [4.69, 9.17) is 29.0 Å². The Morgan fingerprint density at radius 2 is 1.85 bits per heavy atom. The minimum Gasteiger partial charge on any atom is -0.271 e. The maximum Gasteiger partial charge on any atom is 0.0503 e. The lowest BCUT2D eigenvalue weighted by atomic mass is 9.94. The first-order valence-electron chi connectivity index (χ1n) is 6.48. The molecule has 4 heteroatoms. The van der Waals surface area contributed by atoms with Crippen molar-refractivity contribution in [2.24, 2.45) is 5.84 Å². The largest absolute Gasteiger partial charge is 0.271 e. The minimum absolute atomic E-state index is 0.0225. The Morgan fingerprint density at radius 1 is 1.10 bits per heavy atom. The summed E-state index contributed by atoms with van der Waals surface area (Å²) in [6.07, 6.45) is 0.719. The number of hydrazine groups is 1. The highest BCUT2D eigenvalue weighted by atomic mass is 35.5. The van der Waals surface area contributed by atoms with Gasteiger partial charge in [-0.3, -0.25) is 11.3 Å². The first-order chi connectivity index (χ1) is 9.51. The van der Waals surface area contributed by atoms with Crippen LogP contribution < -0.4 is 11.3 Å². The maximum absolute atomic E-state index is 6.23. The molecule has 1 unspecified atom stereocenters. The molecule has 1 atom stereocenters. The second-order valence-corrected chi connectivity index (χ2v) is 5.86. The van der Waals surface area contributed by atoms with E-state index < -0.39 is 0 Å². The summed E-state index contributed by atoms with van der Waals surface area (Å²) in [5.74, 6) is 5.72. The number of benzene rings is 2. The molecule has 2 aromatic carbocycles. The van der Waals surface area contributed by atoms with Gasteiger partial charge in [0.05, 0.1) is 6.04 Å². The Labute approximate surface area is 129 Å². The fraction of sp³-hybridized carbons (Fsp3) is 0.250. The van der Waals surface area contributed by atoms with E-state index in [0.29, 0.717) is 10.0 Å². The molecule has 20 heavy (non-hydrogen) atoms. The van der Waals surface area contributed by atoms with E-state index in [1.54, 1.807) is 6.07 Å². The van der Waals surface area contributed by atoms with Crippen molar-refractivity contribution in [1.29, 1.82) is 0 Å². The zero-order valence-corrected chi connectivity index (χ0v) is 13.1. The molecule has 0 aliphatic carbocycles. The number of nitrogens with one attached hydrogen (secondary N) is 1. The van der Waals surface area contributed by atoms with Gasteiger partial charge in [0.1, 0.15) is 0 Å². The summed E-state index contributed by atoms with van der Waals surface area (Å²) in [5, 5.41) is 1.31. The highest BCUT2D eigenvalue weighted by molar-refractivity contribution is 6.35. The molecule has 0 heterocycles. The van der Waals surface area contributed by atoms with E-state index >= 15 is 0 Å². The van der Waals surface area contributed by atoms with Gasteiger partial charge < -0.3 is 0 Å². The van der Waals surface area contributed by atoms with Crippen LogP contribution in [-0.4, -0.2) is 0 Å². The molecule has 0 radical (unpaired) electrons. The number of hydrogen-bond acceptors (Lipinski definition) is 2. The van der Waals surface area contributed by atoms with E-state index in [-0.39, 0.29) is 6.04 Å². The highest BCUT2D eigenvalue weighted by Crippen LogP contribution is 2.27. The van der Waals surface area contributed by atoms with Crippen LogP contribution in [0.5, 0.6) is 0 Å². The van der Waals surface area contributed by atoms with Gasteiger partial charge in [-0.25, -0.2) is 0 Å². The van der Waals surface area contributed by atoms with Crippen molar-refractivity contribution in [2.45, 2.75) is 26.3 Å². The number of halogens is 2. The summed E-state index contributed by atoms with van der Waals surface area (Å²) >= 11 is 12.2. The Balaban J connectivity index is 2.28. The fourth-order valence-corrected chi connectivity index (χ4v) is 2.87. The van der Waals surface area contributed by atoms with Crippen LogP contribution in [0.2, 0.25) is 10.0 Å². The Bertz CT molecular complexity index is 611. The van der Waals surface area contributed by atoms with Gasteiger partial charge in [-0.05, 0) is 49.1 Å². The minimum atomic E-state index is 0.0225. The molecule has 0 spiro atoms. The molecule has 2 rings (SSSR count). The van der Waals surface area contributed by atoms with E-state index in [1.807, 2.05) is 12.1 Å². The summed E-state index contributed by atoms with van der Waals surface area (Å²) < 4.78 is 0. The van der Waals surface area contributed by atoms with Gasteiger partial charge in [0.2, 0.25) is 0 Å². The molecular formula is C16H18Cl2N2. The molecule has 2 aromatic rings. The molecular weight excluding hydrogens is 291 g/mol. The molecule has 106 valence electrons. The zero-order valence-electron chi connectivity index (χ0n) is 11.6. The van der Waals surface area contributed by atoms with Crippen molar-refractivity contribution in [3.05, 3.63) is 68.7 Å². The summed E-state index contributed by atoms with van der Waals surface area (Å²) in [5.41, 5.74) is 7.55. The molecule has 0 aliphatic rings. The summed E-state index contributed by atoms with van der Waals surface area (Å²) in [6, 6.07) is 11.9. The summed E-state index contributed by atoms with van der Waals surface area (Å²) in [7, 11) is 0. The highest BCUT2D eigenvalue weighted by Gasteiger charge is 2.14. The molecule has 0 bridgehead atoms. The number of aryl methyl sites for hydroxylation is 2. The third-order valence-electron chi connectivity index (χ3n) is 3.44. The van der Waals surface area contributed by atoms with E-state index in [2.05, 4.69) is 37.5 Å². The van der Waals surface area contributed by atoms with Gasteiger partial charge in [-0.2, -0.15) is 0 Å². The van der Waals surface area contributed by atoms with Crippen molar-refractivity contribution in [2.75, 3.05) is 0 Å². The molecule has 0 saturated heterocycles. The van der Waals surface area contributed by atoms with E-state index in [1.165, 1.54) is 16.7 Å².